The maximum atomic E-state index is 10.5. The molecule has 0 aromatic heterocycles. The summed E-state index contributed by atoms with van der Waals surface area (Å²) in [6, 6.07) is 0. The summed E-state index contributed by atoms with van der Waals surface area (Å²) in [6.45, 7) is 4.32. The van der Waals surface area contributed by atoms with Crippen LogP contribution in [0.4, 0.5) is 0 Å². The molecule has 1 fully saturated rings. The predicted octanol–water partition coefficient (Wildman–Crippen LogP) is 1.29. The van der Waals surface area contributed by atoms with Crippen molar-refractivity contribution in [1.82, 2.24) is 0 Å². The molecule has 0 aliphatic heterocycles. The van der Waals surface area contributed by atoms with E-state index in [1.807, 2.05) is 13.8 Å². The van der Waals surface area contributed by atoms with E-state index in [-0.39, 0.29) is 11.5 Å². The molecule has 3 heteroatoms. The van der Waals surface area contributed by atoms with Gasteiger partial charge in [0.15, 0.2) is 0 Å². The minimum atomic E-state index is -0.812. The molecule has 2 unspecified atom stereocenters. The van der Waals surface area contributed by atoms with Gasteiger partial charge in [-0.1, -0.05) is 12.8 Å². The summed E-state index contributed by atoms with van der Waals surface area (Å²) in [4.78, 5) is 0. The minimum absolute atomic E-state index is 0.136. The van der Waals surface area contributed by atoms with Gasteiger partial charge in [0.25, 0.3) is 0 Å². The molecule has 0 amide bonds. The van der Waals surface area contributed by atoms with Gasteiger partial charge in [0, 0.05) is 19.1 Å². The van der Waals surface area contributed by atoms with Crippen LogP contribution in [-0.2, 0) is 4.74 Å². The summed E-state index contributed by atoms with van der Waals surface area (Å²) in [5, 5.41) is 10.5. The molecular weight excluding hydrogens is 178 g/mol. The topological polar surface area (TPSA) is 55.5 Å². The van der Waals surface area contributed by atoms with Crippen molar-refractivity contribution in [3.8, 4) is 0 Å². The first-order chi connectivity index (χ1) is 6.50. The Hall–Kier alpha value is -0.120. The van der Waals surface area contributed by atoms with Crippen molar-refractivity contribution < 1.29 is 9.84 Å². The van der Waals surface area contributed by atoms with Gasteiger partial charge in [0.05, 0.1) is 11.7 Å². The molecule has 0 heterocycles. The van der Waals surface area contributed by atoms with E-state index in [0.717, 1.165) is 12.8 Å². The second kappa shape index (κ2) is 4.17. The second-order valence-electron chi connectivity index (χ2n) is 4.72. The number of nitrogens with two attached hydrogens (primary N) is 1. The van der Waals surface area contributed by atoms with Crippen molar-refractivity contribution in [3.63, 3.8) is 0 Å². The number of ether oxygens (including phenoxy) is 1. The van der Waals surface area contributed by atoms with Gasteiger partial charge >= 0.3 is 0 Å². The normalized spacial score (nSPS) is 27.2. The molecule has 14 heavy (non-hydrogen) atoms. The molecule has 0 saturated heterocycles. The summed E-state index contributed by atoms with van der Waals surface area (Å²) in [7, 11) is 1.64. The Labute approximate surface area is 86.6 Å². The highest BCUT2D eigenvalue weighted by atomic mass is 16.5. The Morgan fingerprint density at radius 2 is 2.00 bits per heavy atom. The largest absolute Gasteiger partial charge is 0.387 e. The molecule has 0 bridgehead atoms. The summed E-state index contributed by atoms with van der Waals surface area (Å²) in [6.07, 6.45) is 4.21. The summed E-state index contributed by atoms with van der Waals surface area (Å²) in [5.41, 5.74) is 4.88. The van der Waals surface area contributed by atoms with Crippen LogP contribution in [0.5, 0.6) is 0 Å². The summed E-state index contributed by atoms with van der Waals surface area (Å²) < 4.78 is 5.25. The van der Waals surface area contributed by atoms with Gasteiger partial charge in [-0.3, -0.25) is 0 Å². The maximum absolute atomic E-state index is 10.5. The summed E-state index contributed by atoms with van der Waals surface area (Å²) in [5.74, 6) is 0. The SMILES string of the molecule is COC(C)C(C)(O)C1(CN)CCCC1. The maximum Gasteiger partial charge on any atom is 0.0945 e. The molecule has 1 saturated carbocycles. The van der Waals surface area contributed by atoms with Crippen LogP contribution in [0.2, 0.25) is 0 Å². The lowest BCUT2D eigenvalue weighted by Crippen LogP contribution is -2.56. The van der Waals surface area contributed by atoms with Crippen LogP contribution >= 0.6 is 0 Å². The molecule has 0 radical (unpaired) electrons. The van der Waals surface area contributed by atoms with Crippen molar-refractivity contribution in [2.75, 3.05) is 13.7 Å². The van der Waals surface area contributed by atoms with Crippen molar-refractivity contribution in [2.24, 2.45) is 11.1 Å². The number of methoxy groups -OCH3 is 1. The average Bonchev–Trinajstić information content (AvgIpc) is 2.66. The zero-order chi connectivity index (χ0) is 10.8. The first-order valence-corrected chi connectivity index (χ1v) is 5.45. The fourth-order valence-corrected chi connectivity index (χ4v) is 2.63. The Morgan fingerprint density at radius 3 is 2.36 bits per heavy atom. The van der Waals surface area contributed by atoms with E-state index in [4.69, 9.17) is 10.5 Å². The monoisotopic (exact) mass is 201 g/mol. The molecule has 1 rings (SSSR count). The van der Waals surface area contributed by atoms with E-state index in [1.54, 1.807) is 7.11 Å². The van der Waals surface area contributed by atoms with Gasteiger partial charge in [-0.05, 0) is 26.7 Å². The van der Waals surface area contributed by atoms with Crippen LogP contribution in [0, 0.1) is 5.41 Å². The lowest BCUT2D eigenvalue weighted by Gasteiger charge is -2.45. The third-order valence-corrected chi connectivity index (χ3v) is 4.17. The van der Waals surface area contributed by atoms with Gasteiger partial charge in [-0.2, -0.15) is 0 Å². The van der Waals surface area contributed by atoms with Crippen molar-refractivity contribution in [3.05, 3.63) is 0 Å². The number of rotatable bonds is 4. The highest BCUT2D eigenvalue weighted by Gasteiger charge is 2.50. The summed E-state index contributed by atoms with van der Waals surface area (Å²) >= 11 is 0. The van der Waals surface area contributed by atoms with Crippen molar-refractivity contribution >= 4 is 0 Å². The first kappa shape index (κ1) is 12.0. The second-order valence-corrected chi connectivity index (χ2v) is 4.72. The lowest BCUT2D eigenvalue weighted by molar-refractivity contribution is -0.147. The van der Waals surface area contributed by atoms with E-state index < -0.39 is 5.60 Å². The minimum Gasteiger partial charge on any atom is -0.387 e. The van der Waals surface area contributed by atoms with Gasteiger partial charge in [-0.15, -0.1) is 0 Å². The van der Waals surface area contributed by atoms with Gasteiger partial charge in [0.2, 0.25) is 0 Å². The average molecular weight is 201 g/mol. The number of hydrogen-bond donors (Lipinski definition) is 2. The van der Waals surface area contributed by atoms with Gasteiger partial charge in [0.1, 0.15) is 0 Å². The van der Waals surface area contributed by atoms with E-state index in [1.165, 1.54) is 12.8 Å². The molecule has 3 nitrogen and oxygen atoms in total. The third kappa shape index (κ3) is 1.69. The van der Waals surface area contributed by atoms with Gasteiger partial charge in [-0.25, -0.2) is 0 Å². The first-order valence-electron chi connectivity index (χ1n) is 5.45. The lowest BCUT2D eigenvalue weighted by atomic mass is 9.69. The number of aliphatic hydroxyl groups is 1. The van der Waals surface area contributed by atoms with Crippen LogP contribution in [0.3, 0.4) is 0 Å². The van der Waals surface area contributed by atoms with Gasteiger partial charge < -0.3 is 15.6 Å². The van der Waals surface area contributed by atoms with Crippen LogP contribution < -0.4 is 5.73 Å². The zero-order valence-corrected chi connectivity index (χ0v) is 9.55. The van der Waals surface area contributed by atoms with Crippen LogP contribution in [0.25, 0.3) is 0 Å². The van der Waals surface area contributed by atoms with Crippen LogP contribution in [0.15, 0.2) is 0 Å². The molecule has 84 valence electrons. The smallest absolute Gasteiger partial charge is 0.0945 e. The predicted molar refractivity (Wildman–Crippen MR) is 57.1 cm³/mol. The Kier molecular flexibility index (Phi) is 3.56. The molecule has 1 aliphatic rings. The van der Waals surface area contributed by atoms with E-state index >= 15 is 0 Å². The van der Waals surface area contributed by atoms with E-state index in [2.05, 4.69) is 0 Å². The fourth-order valence-electron chi connectivity index (χ4n) is 2.63. The van der Waals surface area contributed by atoms with Crippen molar-refractivity contribution in [1.29, 1.82) is 0 Å². The van der Waals surface area contributed by atoms with Crippen LogP contribution in [-0.4, -0.2) is 30.5 Å². The Morgan fingerprint density at radius 1 is 1.50 bits per heavy atom. The quantitative estimate of drug-likeness (QED) is 0.720. The fraction of sp³-hybridized carbons (Fsp3) is 1.00. The van der Waals surface area contributed by atoms with E-state index in [0.29, 0.717) is 6.54 Å². The van der Waals surface area contributed by atoms with Crippen molar-refractivity contribution in [2.45, 2.75) is 51.2 Å². The highest BCUT2D eigenvalue weighted by molar-refractivity contribution is 5.02. The third-order valence-electron chi connectivity index (χ3n) is 4.17. The zero-order valence-electron chi connectivity index (χ0n) is 9.55. The molecule has 2 atom stereocenters. The van der Waals surface area contributed by atoms with Crippen LogP contribution in [0.1, 0.15) is 39.5 Å². The molecule has 0 spiro atoms. The van der Waals surface area contributed by atoms with E-state index in [9.17, 15) is 5.11 Å². The molecule has 0 aromatic carbocycles. The molecule has 0 aromatic rings. The highest BCUT2D eigenvalue weighted by Crippen LogP contribution is 2.47. The number of hydrogen-bond acceptors (Lipinski definition) is 3. The molecule has 1 aliphatic carbocycles. The standard InChI is InChI=1S/C11H23NO2/c1-9(14-3)10(2,13)11(8-12)6-4-5-7-11/h9,13H,4-8,12H2,1-3H3. The Bertz CT molecular complexity index is 186. The molecular formula is C11H23NO2. The molecule has 3 N–H and O–H groups in total. The Balaban J connectivity index is 2.86.